The molecule has 0 fully saturated rings. The van der Waals surface area contributed by atoms with E-state index in [9.17, 15) is 4.79 Å². The molecule has 0 saturated carbocycles. The first-order chi connectivity index (χ1) is 10.1. The quantitative estimate of drug-likeness (QED) is 0.800. The molecule has 0 aliphatic carbocycles. The molecule has 5 nitrogen and oxygen atoms in total. The highest BCUT2D eigenvalue weighted by Gasteiger charge is 2.05. The molecule has 0 aliphatic rings. The molecule has 0 spiro atoms. The molecule has 2 N–H and O–H groups in total. The van der Waals surface area contributed by atoms with E-state index in [1.165, 1.54) is 0 Å². The number of rotatable bonds is 6. The summed E-state index contributed by atoms with van der Waals surface area (Å²) in [6.07, 6.45) is 3.66. The number of carbonyl (C=O) groups is 1. The maximum Gasteiger partial charge on any atom is 0.251 e. The molecule has 110 valence electrons. The van der Waals surface area contributed by atoms with Gasteiger partial charge in [0.2, 0.25) is 0 Å². The zero-order valence-corrected chi connectivity index (χ0v) is 12.4. The molecule has 0 bridgehead atoms. The topological polar surface area (TPSA) is 59.0 Å². The zero-order valence-electron chi connectivity index (χ0n) is 12.4. The van der Waals surface area contributed by atoms with Gasteiger partial charge in [-0.25, -0.2) is 0 Å². The van der Waals surface area contributed by atoms with Crippen LogP contribution in [-0.4, -0.2) is 22.2 Å². The van der Waals surface area contributed by atoms with E-state index in [1.807, 2.05) is 32.3 Å². The maximum atomic E-state index is 11.8. The molecule has 21 heavy (non-hydrogen) atoms. The SMILES string of the molecule is C=CCNC(=O)c1ccc(NCc2cn(C)nc2C)cc1. The normalized spacial score (nSPS) is 10.2. The lowest BCUT2D eigenvalue weighted by atomic mass is 10.2. The number of hydrogen-bond acceptors (Lipinski definition) is 3. The molecular weight excluding hydrogens is 264 g/mol. The van der Waals surface area contributed by atoms with E-state index < -0.39 is 0 Å². The van der Waals surface area contributed by atoms with Crippen LogP contribution in [0.25, 0.3) is 0 Å². The van der Waals surface area contributed by atoms with E-state index in [4.69, 9.17) is 0 Å². The molecule has 0 aliphatic heterocycles. The Morgan fingerprint density at radius 1 is 1.38 bits per heavy atom. The van der Waals surface area contributed by atoms with Crippen molar-refractivity contribution >= 4 is 11.6 Å². The minimum atomic E-state index is -0.0930. The summed E-state index contributed by atoms with van der Waals surface area (Å²) in [5.74, 6) is -0.0930. The molecule has 1 aromatic carbocycles. The van der Waals surface area contributed by atoms with Gasteiger partial charge in [-0.3, -0.25) is 9.48 Å². The van der Waals surface area contributed by atoms with Crippen molar-refractivity contribution in [3.63, 3.8) is 0 Å². The highest BCUT2D eigenvalue weighted by molar-refractivity contribution is 5.94. The van der Waals surface area contributed by atoms with Gasteiger partial charge in [0, 0.05) is 43.1 Å². The van der Waals surface area contributed by atoms with E-state index in [2.05, 4.69) is 22.3 Å². The van der Waals surface area contributed by atoms with Gasteiger partial charge >= 0.3 is 0 Å². The summed E-state index contributed by atoms with van der Waals surface area (Å²) in [5.41, 5.74) is 3.79. The predicted molar refractivity (Wildman–Crippen MR) is 84.2 cm³/mol. The van der Waals surface area contributed by atoms with Crippen LogP contribution >= 0.6 is 0 Å². The molecule has 2 rings (SSSR count). The van der Waals surface area contributed by atoms with Crippen molar-refractivity contribution in [2.45, 2.75) is 13.5 Å². The standard InChI is InChI=1S/C16H20N4O/c1-4-9-17-16(21)13-5-7-15(8-6-13)18-10-14-11-20(3)19-12(14)2/h4-8,11,18H,1,9-10H2,2-3H3,(H,17,21). The number of carbonyl (C=O) groups excluding carboxylic acids is 1. The maximum absolute atomic E-state index is 11.8. The van der Waals surface area contributed by atoms with Crippen molar-refractivity contribution in [3.05, 3.63) is 59.9 Å². The van der Waals surface area contributed by atoms with Crippen molar-refractivity contribution in [2.24, 2.45) is 7.05 Å². The monoisotopic (exact) mass is 284 g/mol. The Labute approximate surface area is 124 Å². The number of aryl methyl sites for hydroxylation is 2. The molecule has 1 amide bonds. The lowest BCUT2D eigenvalue weighted by molar-refractivity contribution is 0.0958. The van der Waals surface area contributed by atoms with Gasteiger partial charge in [-0.1, -0.05) is 6.08 Å². The van der Waals surface area contributed by atoms with E-state index in [0.717, 1.165) is 16.9 Å². The minimum absolute atomic E-state index is 0.0930. The van der Waals surface area contributed by atoms with Gasteiger partial charge in [-0.2, -0.15) is 5.10 Å². The Hall–Kier alpha value is -2.56. The van der Waals surface area contributed by atoms with Gasteiger partial charge in [0.1, 0.15) is 0 Å². The van der Waals surface area contributed by atoms with Crippen molar-refractivity contribution < 1.29 is 4.79 Å². The Balaban J connectivity index is 1.94. The summed E-state index contributed by atoms with van der Waals surface area (Å²) < 4.78 is 1.80. The summed E-state index contributed by atoms with van der Waals surface area (Å²) in [5, 5.41) is 10.4. The van der Waals surface area contributed by atoms with Crippen LogP contribution in [0.3, 0.4) is 0 Å². The second-order valence-electron chi connectivity index (χ2n) is 4.84. The minimum Gasteiger partial charge on any atom is -0.381 e. The van der Waals surface area contributed by atoms with Gasteiger partial charge in [-0.05, 0) is 31.2 Å². The summed E-state index contributed by atoms with van der Waals surface area (Å²) >= 11 is 0. The average molecular weight is 284 g/mol. The highest BCUT2D eigenvalue weighted by Crippen LogP contribution is 2.12. The lowest BCUT2D eigenvalue weighted by Crippen LogP contribution is -2.23. The Morgan fingerprint density at radius 3 is 2.67 bits per heavy atom. The van der Waals surface area contributed by atoms with E-state index in [1.54, 1.807) is 22.9 Å². The molecule has 0 saturated heterocycles. The summed E-state index contributed by atoms with van der Waals surface area (Å²) in [4.78, 5) is 11.8. The molecule has 2 aromatic rings. The molecule has 0 radical (unpaired) electrons. The number of aromatic nitrogens is 2. The van der Waals surface area contributed by atoms with E-state index >= 15 is 0 Å². The first-order valence-electron chi connectivity index (χ1n) is 6.82. The van der Waals surface area contributed by atoms with Crippen LogP contribution in [0.5, 0.6) is 0 Å². The third-order valence-electron chi connectivity index (χ3n) is 3.15. The molecule has 0 atom stereocenters. The van der Waals surface area contributed by atoms with Crippen LogP contribution in [0.4, 0.5) is 5.69 Å². The number of nitrogens with one attached hydrogen (secondary N) is 2. The summed E-state index contributed by atoms with van der Waals surface area (Å²) in [7, 11) is 1.91. The average Bonchev–Trinajstić information content (AvgIpc) is 2.81. The predicted octanol–water partition coefficient (Wildman–Crippen LogP) is 2.26. The van der Waals surface area contributed by atoms with Crippen LogP contribution in [0.2, 0.25) is 0 Å². The van der Waals surface area contributed by atoms with Crippen molar-refractivity contribution in [1.29, 1.82) is 0 Å². The first-order valence-corrected chi connectivity index (χ1v) is 6.82. The molecule has 1 heterocycles. The second kappa shape index (κ2) is 6.74. The van der Waals surface area contributed by atoms with Crippen molar-refractivity contribution in [2.75, 3.05) is 11.9 Å². The van der Waals surface area contributed by atoms with Gasteiger partial charge in [0.25, 0.3) is 5.91 Å². The summed E-state index contributed by atoms with van der Waals surface area (Å²) in [6, 6.07) is 7.40. The third kappa shape index (κ3) is 3.95. The lowest BCUT2D eigenvalue weighted by Gasteiger charge is -2.07. The van der Waals surface area contributed by atoms with Crippen LogP contribution in [0, 0.1) is 6.92 Å². The number of amides is 1. The third-order valence-corrected chi connectivity index (χ3v) is 3.15. The first kappa shape index (κ1) is 14.8. The van der Waals surface area contributed by atoms with Gasteiger partial charge in [0.05, 0.1) is 5.69 Å². The molecule has 5 heteroatoms. The fraction of sp³-hybridized carbons (Fsp3) is 0.250. The highest BCUT2D eigenvalue weighted by atomic mass is 16.1. The Bertz CT molecular complexity index is 628. The number of nitrogens with zero attached hydrogens (tertiary/aromatic N) is 2. The molecule has 0 unspecified atom stereocenters. The number of hydrogen-bond donors (Lipinski definition) is 2. The van der Waals surface area contributed by atoms with Crippen LogP contribution in [0.1, 0.15) is 21.6 Å². The van der Waals surface area contributed by atoms with Crippen LogP contribution in [0.15, 0.2) is 43.1 Å². The largest absolute Gasteiger partial charge is 0.381 e. The van der Waals surface area contributed by atoms with Crippen LogP contribution < -0.4 is 10.6 Å². The fourth-order valence-corrected chi connectivity index (χ4v) is 2.03. The fourth-order valence-electron chi connectivity index (χ4n) is 2.03. The van der Waals surface area contributed by atoms with Crippen LogP contribution in [-0.2, 0) is 13.6 Å². The van der Waals surface area contributed by atoms with E-state index in [0.29, 0.717) is 18.7 Å². The Morgan fingerprint density at radius 2 is 2.10 bits per heavy atom. The second-order valence-corrected chi connectivity index (χ2v) is 4.84. The number of benzene rings is 1. The smallest absolute Gasteiger partial charge is 0.251 e. The van der Waals surface area contributed by atoms with Gasteiger partial charge in [0.15, 0.2) is 0 Å². The Kier molecular flexibility index (Phi) is 4.77. The van der Waals surface area contributed by atoms with Crippen molar-refractivity contribution in [1.82, 2.24) is 15.1 Å². The molecule has 1 aromatic heterocycles. The molecular formula is C16H20N4O. The van der Waals surface area contributed by atoms with Gasteiger partial charge < -0.3 is 10.6 Å². The summed E-state index contributed by atoms with van der Waals surface area (Å²) in [6.45, 7) is 6.74. The zero-order chi connectivity index (χ0) is 15.2. The van der Waals surface area contributed by atoms with E-state index in [-0.39, 0.29) is 5.91 Å². The van der Waals surface area contributed by atoms with Crippen molar-refractivity contribution in [3.8, 4) is 0 Å². The van der Waals surface area contributed by atoms with Gasteiger partial charge in [-0.15, -0.1) is 6.58 Å². The number of anilines is 1.